The number of hydrogen-bond acceptors (Lipinski definition) is 4. The number of imide groups is 1. The van der Waals surface area contributed by atoms with Gasteiger partial charge in [0.1, 0.15) is 6.61 Å². The van der Waals surface area contributed by atoms with Crippen LogP contribution >= 0.6 is 11.8 Å². The molecule has 0 aromatic rings. The molecular formula is C16H21NO3S. The van der Waals surface area contributed by atoms with Crippen molar-refractivity contribution < 1.29 is 14.3 Å². The first-order valence-electron chi connectivity index (χ1n) is 6.87. The number of amides is 2. The Balaban J connectivity index is 2.45. The molecule has 0 aromatic heterocycles. The Kier molecular flexibility index (Phi) is 7.88. The molecule has 0 N–H and O–H groups in total. The Hall–Kier alpha value is -1.51. The van der Waals surface area contributed by atoms with Crippen LogP contribution < -0.4 is 0 Å². The monoisotopic (exact) mass is 307 g/mol. The van der Waals surface area contributed by atoms with Crippen LogP contribution in [0.5, 0.6) is 0 Å². The Bertz CT molecular complexity index is 465. The summed E-state index contributed by atoms with van der Waals surface area (Å²) >= 11 is 1.42. The minimum absolute atomic E-state index is 0.137. The molecule has 1 unspecified atom stereocenters. The van der Waals surface area contributed by atoms with Crippen LogP contribution in [-0.4, -0.2) is 41.7 Å². The van der Waals surface area contributed by atoms with Gasteiger partial charge in [-0.3, -0.25) is 14.5 Å². The van der Waals surface area contributed by atoms with Gasteiger partial charge in [-0.05, 0) is 25.2 Å². The molecule has 5 heteroatoms. The molecule has 21 heavy (non-hydrogen) atoms. The lowest BCUT2D eigenvalue weighted by molar-refractivity contribution is -0.139. The van der Waals surface area contributed by atoms with Crippen LogP contribution in [-0.2, 0) is 14.3 Å². The number of rotatable bonds is 9. The average molecular weight is 307 g/mol. The molecular weight excluding hydrogens is 286 g/mol. The molecule has 0 bridgehead atoms. The number of carbonyl (C=O) groups excluding carboxylic acids is 2. The van der Waals surface area contributed by atoms with E-state index in [1.165, 1.54) is 22.2 Å². The van der Waals surface area contributed by atoms with Gasteiger partial charge in [0.25, 0.3) is 0 Å². The van der Waals surface area contributed by atoms with Crippen LogP contribution in [0.2, 0.25) is 0 Å². The molecule has 1 aliphatic rings. The number of carbonyl (C=O) groups is 2. The van der Waals surface area contributed by atoms with E-state index in [0.717, 1.165) is 12.8 Å². The zero-order valence-corrected chi connectivity index (χ0v) is 13.2. The number of thioether (sulfide) groups is 1. The molecule has 0 spiro atoms. The minimum atomic E-state index is -0.316. The van der Waals surface area contributed by atoms with E-state index in [4.69, 9.17) is 11.2 Å². The number of nitrogens with zero attached hydrogens (tertiary/aromatic N) is 1. The summed E-state index contributed by atoms with van der Waals surface area (Å²) in [6.07, 6.45) is 9.02. The third kappa shape index (κ3) is 5.78. The molecule has 1 rings (SSSR count). The highest BCUT2D eigenvalue weighted by Gasteiger charge is 2.38. The van der Waals surface area contributed by atoms with Gasteiger partial charge in [-0.1, -0.05) is 17.6 Å². The van der Waals surface area contributed by atoms with Gasteiger partial charge < -0.3 is 4.74 Å². The predicted molar refractivity (Wildman–Crippen MR) is 85.6 cm³/mol. The minimum Gasteiger partial charge on any atom is -0.367 e. The summed E-state index contributed by atoms with van der Waals surface area (Å²) in [5.74, 6) is 2.07. The summed E-state index contributed by atoms with van der Waals surface area (Å²) in [5, 5.41) is 1.65. The van der Waals surface area contributed by atoms with E-state index in [1.54, 1.807) is 0 Å². The average Bonchev–Trinajstić information content (AvgIpc) is 2.74. The van der Waals surface area contributed by atoms with Crippen LogP contribution in [0.4, 0.5) is 0 Å². The lowest BCUT2D eigenvalue weighted by Crippen LogP contribution is -2.34. The number of hydrogen-bond donors (Lipinski definition) is 0. The van der Waals surface area contributed by atoms with Crippen molar-refractivity contribution in [2.75, 3.05) is 19.8 Å². The van der Waals surface area contributed by atoms with Crippen molar-refractivity contribution in [2.45, 2.75) is 31.4 Å². The summed E-state index contributed by atoms with van der Waals surface area (Å²) in [6.45, 7) is 6.45. The van der Waals surface area contributed by atoms with Crippen LogP contribution in [0.1, 0.15) is 26.2 Å². The van der Waals surface area contributed by atoms with Gasteiger partial charge in [0.2, 0.25) is 11.8 Å². The maximum atomic E-state index is 12.1. The highest BCUT2D eigenvalue weighted by atomic mass is 32.2. The second kappa shape index (κ2) is 9.43. The number of allylic oxidation sites excluding steroid dienone is 2. The first kappa shape index (κ1) is 17.5. The molecule has 1 atom stereocenters. The molecule has 1 saturated heterocycles. The molecule has 4 nitrogen and oxygen atoms in total. The molecule has 0 saturated carbocycles. The second-order valence-electron chi connectivity index (χ2n) is 4.76. The van der Waals surface area contributed by atoms with Crippen molar-refractivity contribution in [3.8, 4) is 12.3 Å². The third-order valence-electron chi connectivity index (χ3n) is 3.02. The summed E-state index contributed by atoms with van der Waals surface area (Å²) in [4.78, 5) is 25.3. The van der Waals surface area contributed by atoms with Gasteiger partial charge in [-0.15, -0.1) is 24.8 Å². The van der Waals surface area contributed by atoms with E-state index in [1.807, 2.05) is 18.4 Å². The smallest absolute Gasteiger partial charge is 0.243 e. The summed E-state index contributed by atoms with van der Waals surface area (Å²) in [7, 11) is 0. The van der Waals surface area contributed by atoms with Crippen molar-refractivity contribution in [2.24, 2.45) is 0 Å². The third-order valence-corrected chi connectivity index (χ3v) is 4.26. The molecule has 114 valence electrons. The topological polar surface area (TPSA) is 46.6 Å². The maximum Gasteiger partial charge on any atom is 0.243 e. The highest BCUT2D eigenvalue weighted by Crippen LogP contribution is 2.27. The van der Waals surface area contributed by atoms with E-state index in [2.05, 4.69) is 12.5 Å². The molecule has 2 amide bonds. The van der Waals surface area contributed by atoms with E-state index >= 15 is 0 Å². The fourth-order valence-corrected chi connectivity index (χ4v) is 2.86. The Labute approximate surface area is 130 Å². The van der Waals surface area contributed by atoms with Gasteiger partial charge in [0.05, 0.1) is 18.4 Å². The second-order valence-corrected chi connectivity index (χ2v) is 5.84. The van der Waals surface area contributed by atoms with Gasteiger partial charge in [0, 0.05) is 6.42 Å². The highest BCUT2D eigenvalue weighted by molar-refractivity contribution is 8.03. The van der Waals surface area contributed by atoms with Crippen LogP contribution in [0, 0.1) is 12.3 Å². The number of likely N-dealkylation sites (tertiary alicyclic amines) is 1. The molecule has 0 radical (unpaired) electrons. The number of ether oxygens (including phenoxy) is 1. The van der Waals surface area contributed by atoms with Crippen LogP contribution in [0.15, 0.2) is 23.6 Å². The van der Waals surface area contributed by atoms with Crippen molar-refractivity contribution in [3.63, 3.8) is 0 Å². The quantitative estimate of drug-likeness (QED) is 0.284. The fraction of sp³-hybridized carbons (Fsp3) is 0.500. The molecule has 0 aromatic carbocycles. The van der Waals surface area contributed by atoms with Crippen LogP contribution in [0.25, 0.3) is 0 Å². The number of terminal acetylenes is 1. The first-order valence-corrected chi connectivity index (χ1v) is 7.81. The zero-order chi connectivity index (χ0) is 15.7. The van der Waals surface area contributed by atoms with Gasteiger partial charge in [0.15, 0.2) is 0 Å². The van der Waals surface area contributed by atoms with Crippen molar-refractivity contribution in [1.29, 1.82) is 0 Å². The van der Waals surface area contributed by atoms with Gasteiger partial charge in [-0.2, -0.15) is 0 Å². The largest absolute Gasteiger partial charge is 0.367 e. The maximum absolute atomic E-state index is 12.1. The summed E-state index contributed by atoms with van der Waals surface area (Å²) < 4.78 is 5.11. The van der Waals surface area contributed by atoms with Crippen molar-refractivity contribution >= 4 is 23.6 Å². The molecule has 1 heterocycles. The van der Waals surface area contributed by atoms with E-state index in [9.17, 15) is 9.59 Å². The van der Waals surface area contributed by atoms with Crippen molar-refractivity contribution in [3.05, 3.63) is 23.6 Å². The SMILES string of the molecule is C#CCOCCN1C(=O)CC(S/C=C(\C)CCC=C)C1=O. The standard InChI is InChI=1S/C16H21NO3S/c1-4-6-7-13(3)12-21-14-11-15(18)17(16(14)19)8-10-20-9-5-2/h2,4,12,14H,1,6-11H2,3H3/b13-12+. The Morgan fingerprint density at radius 1 is 1.62 bits per heavy atom. The summed E-state index contributed by atoms with van der Waals surface area (Å²) in [5.41, 5.74) is 1.19. The Morgan fingerprint density at radius 2 is 2.38 bits per heavy atom. The fourth-order valence-electron chi connectivity index (χ4n) is 1.87. The summed E-state index contributed by atoms with van der Waals surface area (Å²) in [6, 6.07) is 0. The molecule has 0 aliphatic carbocycles. The first-order chi connectivity index (χ1) is 10.1. The molecule has 1 fully saturated rings. The van der Waals surface area contributed by atoms with E-state index < -0.39 is 0 Å². The van der Waals surface area contributed by atoms with E-state index in [-0.39, 0.29) is 43.2 Å². The van der Waals surface area contributed by atoms with Crippen molar-refractivity contribution in [1.82, 2.24) is 4.90 Å². The zero-order valence-electron chi connectivity index (χ0n) is 12.3. The van der Waals surface area contributed by atoms with Crippen LogP contribution in [0.3, 0.4) is 0 Å². The van der Waals surface area contributed by atoms with Gasteiger partial charge >= 0.3 is 0 Å². The normalized spacial score (nSPS) is 19.0. The van der Waals surface area contributed by atoms with E-state index in [0.29, 0.717) is 0 Å². The lowest BCUT2D eigenvalue weighted by atomic mass is 10.2. The Morgan fingerprint density at radius 3 is 3.05 bits per heavy atom. The van der Waals surface area contributed by atoms with Gasteiger partial charge in [-0.25, -0.2) is 0 Å². The predicted octanol–water partition coefficient (Wildman–Crippen LogP) is 2.37. The lowest BCUT2D eigenvalue weighted by Gasteiger charge is -2.14. The molecule has 1 aliphatic heterocycles.